The predicted molar refractivity (Wildman–Crippen MR) is 225 cm³/mol. The molecule has 258 valence electrons. The molecule has 0 saturated carbocycles. The number of aromatic nitrogens is 5. The van der Waals surface area contributed by atoms with E-state index in [-0.39, 0.29) is 0 Å². The van der Waals surface area contributed by atoms with Crippen molar-refractivity contribution < 1.29 is 0 Å². The molecule has 0 N–H and O–H groups in total. The molecule has 0 aliphatic rings. The van der Waals surface area contributed by atoms with Gasteiger partial charge >= 0.3 is 0 Å². The highest BCUT2D eigenvalue weighted by Crippen LogP contribution is 2.38. The molecule has 10 aromatic rings. The number of hydrogen-bond donors (Lipinski definition) is 0. The number of hydrogen-bond acceptors (Lipinski definition) is 4. The summed E-state index contributed by atoms with van der Waals surface area (Å²) >= 11 is 0. The second-order valence-electron chi connectivity index (χ2n) is 13.7. The lowest BCUT2D eigenvalue weighted by Gasteiger charge is -2.15. The second kappa shape index (κ2) is 13.8. The average Bonchev–Trinajstić information content (AvgIpc) is 3.61. The van der Waals surface area contributed by atoms with Gasteiger partial charge in [-0.1, -0.05) is 72.8 Å². The molecule has 5 aromatic heterocycles. The van der Waals surface area contributed by atoms with Crippen LogP contribution in [-0.2, 0) is 0 Å². The van der Waals surface area contributed by atoms with Gasteiger partial charge in [0, 0.05) is 88.3 Å². The van der Waals surface area contributed by atoms with Crippen molar-refractivity contribution >= 4 is 21.8 Å². The number of benzene rings is 5. The molecule has 0 aliphatic heterocycles. The van der Waals surface area contributed by atoms with Crippen LogP contribution in [0.5, 0.6) is 0 Å². The van der Waals surface area contributed by atoms with Crippen LogP contribution in [0.3, 0.4) is 0 Å². The first-order chi connectivity index (χ1) is 27.2. The van der Waals surface area contributed by atoms with Crippen LogP contribution in [-0.4, -0.2) is 24.5 Å². The van der Waals surface area contributed by atoms with Crippen molar-refractivity contribution in [2.45, 2.75) is 0 Å². The van der Waals surface area contributed by atoms with Crippen LogP contribution in [0, 0.1) is 0 Å². The number of fused-ring (bicyclic) bond motifs is 3. The maximum Gasteiger partial charge on any atom is 0.0541 e. The molecule has 55 heavy (non-hydrogen) atoms. The molecule has 5 heterocycles. The van der Waals surface area contributed by atoms with Crippen LogP contribution < -0.4 is 0 Å². The molecule has 0 spiro atoms. The van der Waals surface area contributed by atoms with E-state index in [1.165, 1.54) is 21.8 Å². The SMILES string of the molecule is c1cc(-c2cncc(-c3ccncc3)c2)cc(-c2cc(-c3cccc(-c4cncc(-c5ccncc5)c4)c3)cc(-n3c4ccccc4c4ccccc43)c2)c1. The minimum atomic E-state index is 1.06. The van der Waals surface area contributed by atoms with E-state index in [0.717, 1.165) is 72.4 Å². The van der Waals surface area contributed by atoms with E-state index < -0.39 is 0 Å². The maximum absolute atomic E-state index is 4.62. The minimum Gasteiger partial charge on any atom is -0.309 e. The van der Waals surface area contributed by atoms with Gasteiger partial charge in [-0.15, -0.1) is 0 Å². The van der Waals surface area contributed by atoms with Crippen molar-refractivity contribution in [3.05, 3.63) is 201 Å². The third-order valence-corrected chi connectivity index (χ3v) is 10.3. The van der Waals surface area contributed by atoms with Crippen molar-refractivity contribution in [1.82, 2.24) is 24.5 Å². The number of nitrogens with zero attached hydrogens (tertiary/aromatic N) is 5. The molecule has 5 aromatic carbocycles. The molecule has 5 nitrogen and oxygen atoms in total. The lowest BCUT2D eigenvalue weighted by molar-refractivity contribution is 1.18. The van der Waals surface area contributed by atoms with Crippen LogP contribution in [0.2, 0.25) is 0 Å². The zero-order valence-electron chi connectivity index (χ0n) is 29.8. The zero-order chi connectivity index (χ0) is 36.6. The van der Waals surface area contributed by atoms with Crippen molar-refractivity contribution in [2.75, 3.05) is 0 Å². The van der Waals surface area contributed by atoms with Gasteiger partial charge in [0.1, 0.15) is 0 Å². The van der Waals surface area contributed by atoms with Crippen LogP contribution in [0.15, 0.2) is 201 Å². The van der Waals surface area contributed by atoms with Crippen molar-refractivity contribution in [1.29, 1.82) is 0 Å². The Labute approximate surface area is 318 Å². The van der Waals surface area contributed by atoms with Crippen molar-refractivity contribution in [3.8, 4) is 72.4 Å². The fourth-order valence-corrected chi connectivity index (χ4v) is 7.63. The Balaban J connectivity index is 1.13. The first-order valence-electron chi connectivity index (χ1n) is 18.3. The molecule has 10 rings (SSSR count). The summed E-state index contributed by atoms with van der Waals surface area (Å²) in [5, 5.41) is 2.47. The van der Waals surface area contributed by atoms with Gasteiger partial charge in [-0.3, -0.25) is 19.9 Å². The molecule has 5 heteroatoms. The Morgan fingerprint density at radius 3 is 1.09 bits per heavy atom. The lowest BCUT2D eigenvalue weighted by Crippen LogP contribution is -1.96. The predicted octanol–water partition coefficient (Wildman–Crippen LogP) is 12.4. The fourth-order valence-electron chi connectivity index (χ4n) is 7.63. The molecule has 0 atom stereocenters. The fraction of sp³-hybridized carbons (Fsp3) is 0. The van der Waals surface area contributed by atoms with E-state index in [1.807, 2.05) is 73.8 Å². The summed E-state index contributed by atoms with van der Waals surface area (Å²) in [5.41, 5.74) is 16.6. The molecule has 0 radical (unpaired) electrons. The maximum atomic E-state index is 4.62. The average molecular weight is 704 g/mol. The Kier molecular flexibility index (Phi) is 8.08. The van der Waals surface area contributed by atoms with Gasteiger partial charge in [0.25, 0.3) is 0 Å². The van der Waals surface area contributed by atoms with Crippen molar-refractivity contribution in [3.63, 3.8) is 0 Å². The number of para-hydroxylation sites is 2. The topological polar surface area (TPSA) is 56.5 Å². The zero-order valence-corrected chi connectivity index (χ0v) is 29.8. The largest absolute Gasteiger partial charge is 0.309 e. The highest BCUT2D eigenvalue weighted by molar-refractivity contribution is 6.09. The summed E-state index contributed by atoms with van der Waals surface area (Å²) in [6.07, 6.45) is 15.0. The Morgan fingerprint density at radius 2 is 0.636 bits per heavy atom. The highest BCUT2D eigenvalue weighted by Gasteiger charge is 2.15. The Bertz CT molecular complexity index is 2790. The van der Waals surface area contributed by atoms with Crippen LogP contribution >= 0.6 is 0 Å². The molecule has 0 bridgehead atoms. The third kappa shape index (κ3) is 6.14. The number of rotatable bonds is 7. The van der Waals surface area contributed by atoms with E-state index in [9.17, 15) is 0 Å². The smallest absolute Gasteiger partial charge is 0.0541 e. The molecule has 0 fully saturated rings. The Morgan fingerprint density at radius 1 is 0.273 bits per heavy atom. The normalized spacial score (nSPS) is 11.3. The lowest BCUT2D eigenvalue weighted by atomic mass is 9.94. The van der Waals surface area contributed by atoms with Crippen LogP contribution in [0.1, 0.15) is 0 Å². The van der Waals surface area contributed by atoms with E-state index in [4.69, 9.17) is 0 Å². The molecule has 0 saturated heterocycles. The molecule has 0 amide bonds. The van der Waals surface area contributed by atoms with Gasteiger partial charge in [0.2, 0.25) is 0 Å². The van der Waals surface area contributed by atoms with Crippen molar-refractivity contribution in [2.24, 2.45) is 0 Å². The molecule has 0 aliphatic carbocycles. The first-order valence-corrected chi connectivity index (χ1v) is 18.3. The van der Waals surface area contributed by atoms with Gasteiger partial charge in [-0.25, -0.2) is 0 Å². The summed E-state index contributed by atoms with van der Waals surface area (Å²) in [6, 6.07) is 54.3. The standard InChI is InChI=1S/C50H33N5/c1-3-13-49-47(11-1)48-12-2-4-14-50(48)55(49)46-28-40(36-7-5-9-38(23-36)44-26-42(30-53-32-44)34-15-19-51-20-16-34)25-41(29-46)37-8-6-10-39(24-37)45-27-43(31-54-33-45)35-17-21-52-22-18-35/h1-33H. The summed E-state index contributed by atoms with van der Waals surface area (Å²) in [4.78, 5) is 17.6. The third-order valence-electron chi connectivity index (χ3n) is 10.3. The van der Waals surface area contributed by atoms with Gasteiger partial charge in [-0.2, -0.15) is 0 Å². The highest BCUT2D eigenvalue weighted by atomic mass is 15.0. The van der Waals surface area contributed by atoms with E-state index in [0.29, 0.717) is 0 Å². The minimum absolute atomic E-state index is 1.06. The summed E-state index contributed by atoms with van der Waals surface area (Å²) in [7, 11) is 0. The van der Waals surface area contributed by atoms with Gasteiger partial charge < -0.3 is 4.57 Å². The summed E-state index contributed by atoms with van der Waals surface area (Å²) in [6.45, 7) is 0. The van der Waals surface area contributed by atoms with Gasteiger partial charge in [0.15, 0.2) is 0 Å². The summed E-state index contributed by atoms with van der Waals surface area (Å²) in [5.74, 6) is 0. The van der Waals surface area contributed by atoms with Crippen LogP contribution in [0.4, 0.5) is 0 Å². The second-order valence-corrected chi connectivity index (χ2v) is 13.7. The quantitative estimate of drug-likeness (QED) is 0.166. The molecule has 0 unspecified atom stereocenters. The first kappa shape index (κ1) is 32.2. The molecular formula is C50H33N5. The van der Waals surface area contributed by atoms with E-state index in [1.54, 1.807) is 0 Å². The monoisotopic (exact) mass is 703 g/mol. The van der Waals surface area contributed by atoms with Crippen LogP contribution in [0.25, 0.3) is 94.3 Å². The Hall–Kier alpha value is -7.50. The number of pyridine rings is 4. The molecular weight excluding hydrogens is 671 g/mol. The summed E-state index contributed by atoms with van der Waals surface area (Å²) < 4.78 is 2.40. The van der Waals surface area contributed by atoms with E-state index in [2.05, 4.69) is 152 Å². The van der Waals surface area contributed by atoms with Gasteiger partial charge in [-0.05, 0) is 123 Å². The van der Waals surface area contributed by atoms with E-state index >= 15 is 0 Å². The van der Waals surface area contributed by atoms with Gasteiger partial charge in [0.05, 0.1) is 11.0 Å².